The van der Waals surface area contributed by atoms with Crippen LogP contribution < -0.4 is 17.0 Å². The molecule has 0 radical (unpaired) electrons. The van der Waals surface area contributed by atoms with Crippen LogP contribution >= 0.6 is 11.6 Å². The van der Waals surface area contributed by atoms with E-state index >= 15 is 0 Å². The molecular weight excluding hydrogens is 948 g/mol. The van der Waals surface area contributed by atoms with Gasteiger partial charge in [-0.3, -0.25) is 0 Å². The van der Waals surface area contributed by atoms with Gasteiger partial charge in [0.15, 0.2) is 12.6 Å². The Hall–Kier alpha value is -3.68. The second-order valence-electron chi connectivity index (χ2n) is 16.2. The molecule has 4 atom stereocenters. The molecule has 67 heavy (non-hydrogen) atoms. The molecule has 6 heterocycles. The maximum atomic E-state index is 5.89. The Morgan fingerprint density at radius 1 is 0.552 bits per heavy atom. The molecule has 4 unspecified atom stereocenters. The van der Waals surface area contributed by atoms with Crippen molar-refractivity contribution in [2.24, 2.45) is 0 Å². The predicted molar refractivity (Wildman–Crippen MR) is 256 cm³/mol. The van der Waals surface area contributed by atoms with Crippen molar-refractivity contribution in [2.75, 3.05) is 26.4 Å². The number of nitrogens with zero attached hydrogens (tertiary/aromatic N) is 6. The van der Waals surface area contributed by atoms with Gasteiger partial charge in [-0.15, -0.1) is 26.0 Å². The van der Waals surface area contributed by atoms with E-state index in [0.717, 1.165) is 73.5 Å². The fourth-order valence-corrected chi connectivity index (χ4v) is 7.51. The number of benzene rings is 4. The van der Waals surface area contributed by atoms with Crippen molar-refractivity contribution in [3.05, 3.63) is 119 Å². The van der Waals surface area contributed by atoms with Crippen molar-refractivity contribution in [2.45, 2.75) is 129 Å². The van der Waals surface area contributed by atoms with Crippen LogP contribution in [-0.2, 0) is 41.6 Å². The number of rotatable bonds is 9. The number of hydrogen-bond donors (Lipinski definition) is 2. The molecule has 0 spiro atoms. The van der Waals surface area contributed by atoms with E-state index in [0.29, 0.717) is 42.1 Å². The first-order chi connectivity index (χ1) is 32.0. The molecule has 6 aromatic rings. The number of aromatic amines is 2. The third-order valence-electron chi connectivity index (χ3n) is 11.0. The number of ether oxygens (including phenoxy) is 6. The third kappa shape index (κ3) is 20.8. The summed E-state index contributed by atoms with van der Waals surface area (Å²) in [5, 5.41) is 28.4. The smallest absolute Gasteiger partial charge is 1.00 e. The van der Waals surface area contributed by atoms with Gasteiger partial charge in [-0.1, -0.05) is 72.3 Å². The summed E-state index contributed by atoms with van der Waals surface area (Å²) in [4.78, 5) is 0. The van der Waals surface area contributed by atoms with E-state index in [1.807, 2.05) is 60.7 Å². The second-order valence-corrected chi connectivity index (χ2v) is 16.6. The summed E-state index contributed by atoms with van der Waals surface area (Å²) in [6, 6.07) is 34.6. The van der Waals surface area contributed by atoms with Crippen LogP contribution in [0.4, 0.5) is 0 Å². The van der Waals surface area contributed by atoms with Gasteiger partial charge in [0, 0.05) is 37.6 Å². The first-order valence-corrected chi connectivity index (χ1v) is 23.4. The molecule has 14 nitrogen and oxygen atoms in total. The zero-order valence-corrected chi connectivity index (χ0v) is 42.6. The molecule has 17 heteroatoms. The molecule has 2 N–H and O–H groups in total. The van der Waals surface area contributed by atoms with Gasteiger partial charge in [-0.25, -0.2) is 0 Å². The summed E-state index contributed by atoms with van der Waals surface area (Å²) in [7, 11) is 0. The minimum absolute atomic E-state index is 0. The normalized spacial score (nSPS) is 19.9. The maximum Gasteiger partial charge on any atom is 2.00 e. The van der Waals surface area contributed by atoms with Crippen LogP contribution in [0.1, 0.15) is 102 Å². The topological polar surface area (TPSA) is 164 Å². The molecule has 0 aliphatic carbocycles. The molecule has 4 fully saturated rings. The van der Waals surface area contributed by atoms with Crippen molar-refractivity contribution in [3.8, 4) is 33.9 Å². The third-order valence-corrected chi connectivity index (χ3v) is 11.3. The Bertz CT molecular complexity index is 2110. The standard InChI is InChI=1S/C19H20N4O2.C12H15O2.C7H5ClN4.2C6H12O.BrH.Mg/c1-2-6-17(19-20-22-23-21-19)16(5-1)15-10-8-14(9-11-15)13-25-18-7-3-4-12-24-18;1-2-6-11(7-3-1)10-14-12-8-4-5-9-13-12;8-6-4-2-1-3-5(6)7-9-11-12-10-7;2*1-6-4-2-3-5-7-6;;/h1-2,5-6,8-11,18H,3-4,7,12-13H2,(H,20,21,22,23);2-3,6-7,12H,4-5,8-10H2;1-4H,(H,9,10,11,12);2*6H,2-5H2,1H3;1H;/q;-1;;;;;+2/p-1. The van der Waals surface area contributed by atoms with Gasteiger partial charge >= 0.3 is 23.1 Å². The molecule has 2 aromatic heterocycles. The number of aromatic nitrogens is 8. The molecule has 0 saturated carbocycles. The fraction of sp³-hybridized carbons (Fsp3) is 0.480. The quantitative estimate of drug-likeness (QED) is 0.109. The molecule has 356 valence electrons. The van der Waals surface area contributed by atoms with Gasteiger partial charge in [0.2, 0.25) is 11.6 Å². The summed E-state index contributed by atoms with van der Waals surface area (Å²) < 4.78 is 33.1. The van der Waals surface area contributed by atoms with Crippen LogP contribution in [0.25, 0.3) is 33.9 Å². The first-order valence-electron chi connectivity index (χ1n) is 23.1. The Labute approximate surface area is 427 Å². The van der Waals surface area contributed by atoms with E-state index in [4.69, 9.17) is 40.0 Å². The van der Waals surface area contributed by atoms with E-state index in [1.54, 1.807) is 6.07 Å². The van der Waals surface area contributed by atoms with Gasteiger partial charge in [-0.05, 0) is 130 Å². The maximum absolute atomic E-state index is 5.89. The fourth-order valence-electron chi connectivity index (χ4n) is 7.29. The molecule has 4 saturated heterocycles. The molecule has 4 aromatic carbocycles. The van der Waals surface area contributed by atoms with Gasteiger partial charge in [0.05, 0.1) is 30.4 Å². The van der Waals surface area contributed by atoms with Crippen molar-refractivity contribution in [1.29, 1.82) is 0 Å². The number of nitrogens with one attached hydrogen (secondary N) is 2. The van der Waals surface area contributed by atoms with Crippen molar-refractivity contribution in [3.63, 3.8) is 0 Å². The molecule has 0 bridgehead atoms. The van der Waals surface area contributed by atoms with Crippen LogP contribution in [0.5, 0.6) is 0 Å². The zero-order chi connectivity index (χ0) is 45.2. The Balaban J connectivity index is 0.000000199. The summed E-state index contributed by atoms with van der Waals surface area (Å²) in [6.45, 7) is 9.10. The molecule has 4 aliphatic rings. The van der Waals surface area contributed by atoms with Crippen LogP contribution in [0.15, 0.2) is 97.1 Å². The van der Waals surface area contributed by atoms with Crippen LogP contribution in [0.3, 0.4) is 0 Å². The van der Waals surface area contributed by atoms with E-state index in [9.17, 15) is 0 Å². The molecule has 10 rings (SSSR count). The number of tetrazole rings is 2. The SMILES string of the molecule is CC1CCCCO1.CC1CCCCO1.Clc1ccccc1-c1nn[nH]n1.[Br-].[Mg+2].[c-]1ccc(COC2CCCCO2)cc1.c1ccc(-c2nn[nH]n2)c(-c2ccc(COC3CCCCO3)cc2)c1. The summed E-state index contributed by atoms with van der Waals surface area (Å²) in [5.74, 6) is 1.11. The van der Waals surface area contributed by atoms with Crippen molar-refractivity contribution in [1.82, 2.24) is 41.2 Å². The largest absolute Gasteiger partial charge is 2.00 e. The Kier molecular flexibility index (Phi) is 27.5. The molecule has 0 amide bonds. The summed E-state index contributed by atoms with van der Waals surface area (Å²) >= 11 is 5.89. The van der Waals surface area contributed by atoms with E-state index < -0.39 is 0 Å². The average molecular weight is 1010 g/mol. The van der Waals surface area contributed by atoms with Crippen LogP contribution in [0.2, 0.25) is 5.02 Å². The van der Waals surface area contributed by atoms with Crippen LogP contribution in [0, 0.1) is 6.07 Å². The molecular formula is C50H64BrClMgN8O6. The average Bonchev–Trinajstić information content (AvgIpc) is 4.12. The van der Waals surface area contributed by atoms with Crippen molar-refractivity contribution >= 4 is 34.7 Å². The second kappa shape index (κ2) is 33.0. The number of H-pyrrole nitrogens is 2. The first kappa shape index (κ1) is 55.9. The van der Waals surface area contributed by atoms with Gasteiger partial charge in [0.25, 0.3) is 0 Å². The van der Waals surface area contributed by atoms with Gasteiger partial charge in [-0.2, -0.15) is 40.8 Å². The summed E-state index contributed by atoms with van der Waals surface area (Å²) in [6.07, 6.45) is 15.5. The predicted octanol–water partition coefficient (Wildman–Crippen LogP) is 7.40. The van der Waals surface area contributed by atoms with E-state index in [1.165, 1.54) is 63.4 Å². The Morgan fingerprint density at radius 2 is 1.00 bits per heavy atom. The van der Waals surface area contributed by atoms with E-state index in [2.05, 4.69) is 91.5 Å². The Morgan fingerprint density at radius 3 is 1.42 bits per heavy atom. The van der Waals surface area contributed by atoms with E-state index in [-0.39, 0.29) is 52.6 Å². The minimum Gasteiger partial charge on any atom is -1.00 e. The van der Waals surface area contributed by atoms with Gasteiger partial charge in [0.1, 0.15) is 0 Å². The van der Waals surface area contributed by atoms with Crippen molar-refractivity contribution < 1.29 is 45.4 Å². The zero-order valence-electron chi connectivity index (χ0n) is 38.9. The molecule has 4 aliphatic heterocycles. The van der Waals surface area contributed by atoms with Gasteiger partial charge < -0.3 is 45.4 Å². The minimum atomic E-state index is -0.0626. The summed E-state index contributed by atoms with van der Waals surface area (Å²) in [5.41, 5.74) is 6.24. The monoisotopic (exact) mass is 1010 g/mol. The van der Waals surface area contributed by atoms with Crippen LogP contribution in [-0.4, -0.2) is 116 Å². The number of halogens is 2. The number of hydrogen-bond acceptors (Lipinski definition) is 12.